The first-order valence-corrected chi connectivity index (χ1v) is 6.75. The number of rotatable bonds is 2. The number of quaternary nitrogens is 1. The van der Waals surface area contributed by atoms with Crippen LogP contribution in [0.4, 0.5) is 0 Å². The van der Waals surface area contributed by atoms with Crippen LogP contribution in [0.2, 0.25) is 0 Å². The predicted octanol–water partition coefficient (Wildman–Crippen LogP) is 0.404. The standard InChI is InChI=1S/C14H21N2O2/c1-16(5-6-17)9-11-7-12(10-16)13-3-2-4-14(18)15(13)8-11/h2-4,11-12,17H,5-10H2,1H3/q+1/t11-,12-,16-/m1/s1. The van der Waals surface area contributed by atoms with Crippen molar-refractivity contribution < 1.29 is 9.59 Å². The van der Waals surface area contributed by atoms with Gasteiger partial charge in [-0.05, 0) is 12.5 Å². The minimum Gasteiger partial charge on any atom is -0.391 e. The fourth-order valence-electron chi connectivity index (χ4n) is 3.90. The van der Waals surface area contributed by atoms with Crippen LogP contribution in [-0.4, -0.2) is 47.4 Å². The molecule has 1 aromatic heterocycles. The number of aliphatic hydroxyl groups is 1. The molecule has 0 aliphatic carbocycles. The zero-order chi connectivity index (χ0) is 12.8. The van der Waals surface area contributed by atoms with Gasteiger partial charge in [0.1, 0.15) is 6.54 Å². The first kappa shape index (κ1) is 11.9. The number of hydrogen-bond donors (Lipinski definition) is 1. The van der Waals surface area contributed by atoms with Gasteiger partial charge in [-0.15, -0.1) is 0 Å². The third-order valence-electron chi connectivity index (χ3n) is 4.56. The molecular formula is C14H21N2O2+. The lowest BCUT2D eigenvalue weighted by Crippen LogP contribution is -2.57. The Kier molecular flexibility index (Phi) is 2.79. The quantitative estimate of drug-likeness (QED) is 0.771. The van der Waals surface area contributed by atoms with Gasteiger partial charge in [0.2, 0.25) is 0 Å². The van der Waals surface area contributed by atoms with Gasteiger partial charge in [-0.2, -0.15) is 0 Å². The summed E-state index contributed by atoms with van der Waals surface area (Å²) in [7, 11) is 2.23. The van der Waals surface area contributed by atoms with Gasteiger partial charge in [0.05, 0.1) is 26.7 Å². The molecule has 0 aromatic carbocycles. The summed E-state index contributed by atoms with van der Waals surface area (Å²) in [6.07, 6.45) is 1.20. The number of likely N-dealkylation sites (N-methyl/N-ethyl adjacent to an activating group) is 1. The number of likely N-dealkylation sites (tertiary alicyclic amines) is 1. The SMILES string of the molecule is C[N@@+]1(CCO)C[C@@H]2C[C@H](C1)c1cccc(=O)n1C2. The Balaban J connectivity index is 1.97. The van der Waals surface area contributed by atoms with Crippen molar-refractivity contribution in [3.8, 4) is 0 Å². The molecule has 0 radical (unpaired) electrons. The smallest absolute Gasteiger partial charge is 0.250 e. The molecule has 0 amide bonds. The summed E-state index contributed by atoms with van der Waals surface area (Å²) in [5.74, 6) is 1.05. The first-order valence-electron chi connectivity index (χ1n) is 6.75. The molecule has 1 saturated heterocycles. The van der Waals surface area contributed by atoms with E-state index < -0.39 is 0 Å². The molecule has 0 spiro atoms. The van der Waals surface area contributed by atoms with Crippen LogP contribution in [0.1, 0.15) is 18.0 Å². The van der Waals surface area contributed by atoms with Crippen LogP contribution in [0.25, 0.3) is 0 Å². The Morgan fingerprint density at radius 2 is 2.28 bits per heavy atom. The number of aromatic nitrogens is 1. The second kappa shape index (κ2) is 4.21. The van der Waals surface area contributed by atoms with E-state index >= 15 is 0 Å². The lowest BCUT2D eigenvalue weighted by molar-refractivity contribution is -0.920. The molecule has 0 saturated carbocycles. The molecule has 4 nitrogen and oxygen atoms in total. The van der Waals surface area contributed by atoms with Gasteiger partial charge in [-0.25, -0.2) is 0 Å². The maximum Gasteiger partial charge on any atom is 0.250 e. The Bertz CT molecular complexity index is 511. The van der Waals surface area contributed by atoms with Crippen LogP contribution in [0.15, 0.2) is 23.0 Å². The summed E-state index contributed by atoms with van der Waals surface area (Å²) in [6, 6.07) is 5.63. The van der Waals surface area contributed by atoms with Gasteiger partial charge in [0, 0.05) is 30.1 Å². The molecule has 2 aliphatic rings. The maximum absolute atomic E-state index is 11.9. The summed E-state index contributed by atoms with van der Waals surface area (Å²) in [5.41, 5.74) is 1.33. The minimum atomic E-state index is 0.139. The molecular weight excluding hydrogens is 228 g/mol. The average Bonchev–Trinajstić information content (AvgIpc) is 2.30. The van der Waals surface area contributed by atoms with E-state index in [0.29, 0.717) is 11.8 Å². The Morgan fingerprint density at radius 1 is 1.44 bits per heavy atom. The number of nitrogens with zero attached hydrogens (tertiary/aromatic N) is 2. The van der Waals surface area contributed by atoms with Gasteiger partial charge in [-0.3, -0.25) is 4.79 Å². The van der Waals surface area contributed by atoms with E-state index in [9.17, 15) is 9.90 Å². The molecule has 98 valence electrons. The summed E-state index contributed by atoms with van der Waals surface area (Å²) in [6.45, 7) is 4.05. The predicted molar refractivity (Wildman–Crippen MR) is 69.4 cm³/mol. The molecule has 2 aliphatic heterocycles. The third kappa shape index (κ3) is 1.89. The van der Waals surface area contributed by atoms with E-state index in [1.807, 2.05) is 10.6 Å². The van der Waals surface area contributed by atoms with Crippen LogP contribution >= 0.6 is 0 Å². The van der Waals surface area contributed by atoms with E-state index in [4.69, 9.17) is 0 Å². The molecule has 1 fully saturated rings. The third-order valence-corrected chi connectivity index (χ3v) is 4.56. The van der Waals surface area contributed by atoms with E-state index in [0.717, 1.165) is 30.7 Å². The number of hydrogen-bond acceptors (Lipinski definition) is 2. The summed E-state index contributed by atoms with van der Waals surface area (Å²) in [4.78, 5) is 11.9. The highest BCUT2D eigenvalue weighted by atomic mass is 16.3. The number of fused-ring (bicyclic) bond motifs is 4. The molecule has 1 aromatic rings. The van der Waals surface area contributed by atoms with Crippen molar-refractivity contribution in [2.75, 3.05) is 33.3 Å². The minimum absolute atomic E-state index is 0.139. The zero-order valence-electron chi connectivity index (χ0n) is 10.9. The normalized spacial score (nSPS) is 34.1. The summed E-state index contributed by atoms with van der Waals surface area (Å²) in [5, 5.41) is 9.22. The number of piperidine rings is 1. The fourth-order valence-corrected chi connectivity index (χ4v) is 3.90. The van der Waals surface area contributed by atoms with Crippen molar-refractivity contribution in [3.63, 3.8) is 0 Å². The number of pyridine rings is 1. The second-order valence-corrected chi connectivity index (χ2v) is 6.13. The van der Waals surface area contributed by atoms with E-state index in [1.165, 1.54) is 12.1 Å². The van der Waals surface area contributed by atoms with E-state index in [2.05, 4.69) is 13.1 Å². The molecule has 4 heteroatoms. The average molecular weight is 249 g/mol. The topological polar surface area (TPSA) is 42.2 Å². The monoisotopic (exact) mass is 249 g/mol. The Labute approximate surface area is 107 Å². The first-order chi connectivity index (χ1) is 8.61. The molecule has 0 unspecified atom stereocenters. The molecule has 3 atom stereocenters. The molecule has 2 bridgehead atoms. The highest BCUT2D eigenvalue weighted by molar-refractivity contribution is 5.15. The fraction of sp³-hybridized carbons (Fsp3) is 0.643. The van der Waals surface area contributed by atoms with Crippen molar-refractivity contribution in [3.05, 3.63) is 34.2 Å². The van der Waals surface area contributed by atoms with E-state index in [1.54, 1.807) is 6.07 Å². The zero-order valence-corrected chi connectivity index (χ0v) is 10.9. The van der Waals surface area contributed by atoms with Gasteiger partial charge >= 0.3 is 0 Å². The molecule has 18 heavy (non-hydrogen) atoms. The van der Waals surface area contributed by atoms with Crippen LogP contribution in [0.3, 0.4) is 0 Å². The van der Waals surface area contributed by atoms with Crippen molar-refractivity contribution in [1.82, 2.24) is 4.57 Å². The van der Waals surface area contributed by atoms with Crippen LogP contribution in [-0.2, 0) is 6.54 Å². The lowest BCUT2D eigenvalue weighted by Gasteiger charge is -2.47. The highest BCUT2D eigenvalue weighted by Gasteiger charge is 2.41. The Morgan fingerprint density at radius 3 is 3.06 bits per heavy atom. The maximum atomic E-state index is 11.9. The summed E-state index contributed by atoms with van der Waals surface area (Å²) < 4.78 is 2.90. The van der Waals surface area contributed by atoms with Crippen molar-refractivity contribution in [2.24, 2.45) is 5.92 Å². The molecule has 1 N–H and O–H groups in total. The van der Waals surface area contributed by atoms with Gasteiger partial charge in [0.25, 0.3) is 5.56 Å². The van der Waals surface area contributed by atoms with Crippen LogP contribution < -0.4 is 5.56 Å². The summed E-state index contributed by atoms with van der Waals surface area (Å²) >= 11 is 0. The van der Waals surface area contributed by atoms with Crippen molar-refractivity contribution in [2.45, 2.75) is 18.9 Å². The van der Waals surface area contributed by atoms with Gasteiger partial charge in [0.15, 0.2) is 0 Å². The lowest BCUT2D eigenvalue weighted by atomic mass is 9.82. The Hall–Kier alpha value is -1.13. The van der Waals surface area contributed by atoms with Crippen molar-refractivity contribution >= 4 is 0 Å². The van der Waals surface area contributed by atoms with Crippen molar-refractivity contribution in [1.29, 1.82) is 0 Å². The molecule has 3 heterocycles. The highest BCUT2D eigenvalue weighted by Crippen LogP contribution is 2.37. The van der Waals surface area contributed by atoms with Gasteiger partial charge < -0.3 is 14.2 Å². The second-order valence-electron chi connectivity index (χ2n) is 6.13. The van der Waals surface area contributed by atoms with Gasteiger partial charge in [-0.1, -0.05) is 6.07 Å². The van der Waals surface area contributed by atoms with Crippen LogP contribution in [0, 0.1) is 5.92 Å². The number of aliphatic hydroxyl groups excluding tert-OH is 1. The van der Waals surface area contributed by atoms with E-state index in [-0.39, 0.29) is 12.2 Å². The molecule has 3 rings (SSSR count). The van der Waals surface area contributed by atoms with Crippen LogP contribution in [0.5, 0.6) is 0 Å². The largest absolute Gasteiger partial charge is 0.391 e.